The molecule has 0 N–H and O–H groups in total. The molecule has 0 radical (unpaired) electrons. The summed E-state index contributed by atoms with van der Waals surface area (Å²) in [5.74, 6) is -0.250. The number of aromatic nitrogens is 2. The molecular weight excluding hydrogens is 1660 g/mol. The molecule has 2 aliphatic rings. The maximum absolute atomic E-state index is 14.3. The van der Waals surface area contributed by atoms with E-state index in [-0.39, 0.29) is 80.2 Å². The zero-order valence-corrected chi connectivity index (χ0v) is 82.1. The van der Waals surface area contributed by atoms with Crippen LogP contribution >= 0.6 is 0 Å². The van der Waals surface area contributed by atoms with Gasteiger partial charge in [-0.25, -0.2) is 0 Å². The number of nitrogens with zero attached hydrogens (tertiary/aromatic N) is 4. The van der Waals surface area contributed by atoms with Gasteiger partial charge in [0, 0.05) is 59.2 Å². The Bertz CT molecular complexity index is 6310. The predicted octanol–water partition coefficient (Wildman–Crippen LogP) is 25.7. The first-order valence-corrected chi connectivity index (χ1v) is 48.6. The summed E-state index contributed by atoms with van der Waals surface area (Å²) in [6, 6.07) is 81.3. The summed E-state index contributed by atoms with van der Waals surface area (Å²) in [4.78, 5) is 115. The summed E-state index contributed by atoms with van der Waals surface area (Å²) in [5, 5.41) is 1.28. The largest absolute Gasteiger partial charge is 0.494 e. The van der Waals surface area contributed by atoms with E-state index in [1.807, 2.05) is 6.08 Å². The highest BCUT2D eigenvalue weighted by molar-refractivity contribution is 6.33. The third-order valence-corrected chi connectivity index (χ3v) is 28.1. The van der Waals surface area contributed by atoms with Gasteiger partial charge in [-0.15, -0.1) is 0 Å². The minimum atomic E-state index is -0.660. The van der Waals surface area contributed by atoms with Crippen molar-refractivity contribution in [1.29, 1.82) is 0 Å². The average molecular weight is 1790 g/mol. The summed E-state index contributed by atoms with van der Waals surface area (Å²) in [5.41, 5.74) is 14.8. The Balaban J connectivity index is 0.488. The van der Waals surface area contributed by atoms with Crippen molar-refractivity contribution in [2.45, 2.75) is 271 Å². The van der Waals surface area contributed by atoms with Crippen molar-refractivity contribution in [2.24, 2.45) is 0 Å². The summed E-state index contributed by atoms with van der Waals surface area (Å²) in [6.07, 6.45) is 14.4. The molecule has 0 aliphatic carbocycles. The second kappa shape index (κ2) is 38.5. The molecule has 0 spiro atoms. The molecule has 11 aromatic carbocycles. The van der Waals surface area contributed by atoms with Crippen LogP contribution in [0.2, 0.25) is 0 Å². The van der Waals surface area contributed by atoms with Gasteiger partial charge in [0.2, 0.25) is 0 Å². The molecule has 14 nitrogen and oxygen atoms in total. The SMILES string of the molecule is CC(C)(C)c1ccc(C(c2ccc(OCCCCCN3C(=O)c4ccc5c6c(ccc(c46)C3=O)C(=O)N(CCCCCCCC/C=C/CCn3c(=O)c4cc6c(=O)n(CCCCCOc7ccc(C(c8ccc(C(C)(C)C)cc8)(c8ccc(C(C)(C)C)cc8)c8ccc(C(C)(C)C)cc8)cc7)c(=O)c6cc4c3=O)C5=O)cc2)(c2ccc(C(C)(C)C)cc2)c2ccc(C(C)(C)C)cc2)cc1. The van der Waals surface area contributed by atoms with E-state index in [9.17, 15) is 38.4 Å². The van der Waals surface area contributed by atoms with Crippen molar-refractivity contribution in [2.75, 3.05) is 26.3 Å². The van der Waals surface area contributed by atoms with E-state index >= 15 is 0 Å². The number of imide groups is 2. The molecule has 2 aromatic heterocycles. The fourth-order valence-electron chi connectivity index (χ4n) is 19.9. The molecule has 4 amide bonds. The normalized spacial score (nSPS) is 13.7. The van der Waals surface area contributed by atoms with E-state index in [4.69, 9.17) is 9.47 Å². The van der Waals surface area contributed by atoms with Crippen LogP contribution in [0.15, 0.2) is 262 Å². The van der Waals surface area contributed by atoms with Crippen molar-refractivity contribution in [1.82, 2.24) is 18.9 Å². The Morgan fingerprint density at radius 3 is 0.694 bits per heavy atom. The minimum Gasteiger partial charge on any atom is -0.494 e. The number of amides is 4. The number of hydrogen-bond donors (Lipinski definition) is 0. The van der Waals surface area contributed by atoms with Gasteiger partial charge in [-0.05, 0) is 235 Å². The number of carbonyl (C=O) groups excluding carboxylic acids is 4. The number of fused-ring (bicyclic) bond motifs is 2. The van der Waals surface area contributed by atoms with Gasteiger partial charge >= 0.3 is 0 Å². The molecule has 0 saturated heterocycles. The minimum absolute atomic E-state index is 0.0172. The van der Waals surface area contributed by atoms with Crippen molar-refractivity contribution in [3.8, 4) is 11.5 Å². The maximum Gasteiger partial charge on any atom is 0.261 e. The lowest BCUT2D eigenvalue weighted by Gasteiger charge is -2.38. The fraction of sp³-hybridized carbons (Fsp3) is 0.383. The second-order valence-electron chi connectivity index (χ2n) is 43.6. The summed E-state index contributed by atoms with van der Waals surface area (Å²) < 4.78 is 15.2. The van der Waals surface area contributed by atoms with Crippen LogP contribution in [0.3, 0.4) is 0 Å². The zero-order chi connectivity index (χ0) is 95.8. The molecule has 4 heterocycles. The van der Waals surface area contributed by atoms with Crippen molar-refractivity contribution >= 4 is 55.9 Å². The molecule has 134 heavy (non-hydrogen) atoms. The number of ether oxygens (including phenoxy) is 2. The second-order valence-corrected chi connectivity index (χ2v) is 43.6. The highest BCUT2D eigenvalue weighted by Gasteiger charge is 2.44. The van der Waals surface area contributed by atoms with E-state index in [1.165, 1.54) is 97.8 Å². The number of rotatable bonds is 34. The molecule has 2 aliphatic heterocycles. The Morgan fingerprint density at radius 1 is 0.224 bits per heavy atom. The van der Waals surface area contributed by atoms with Crippen LogP contribution in [0.5, 0.6) is 11.5 Å². The van der Waals surface area contributed by atoms with Crippen molar-refractivity contribution < 1.29 is 28.7 Å². The fourth-order valence-corrected chi connectivity index (χ4v) is 19.9. The topological polar surface area (TPSA) is 171 Å². The van der Waals surface area contributed by atoms with Crippen molar-refractivity contribution in [3.05, 3.63) is 384 Å². The number of carbonyl (C=O) groups is 4. The maximum atomic E-state index is 14.3. The van der Waals surface area contributed by atoms with Gasteiger partial charge in [0.05, 0.1) is 45.6 Å². The lowest BCUT2D eigenvalue weighted by Crippen LogP contribution is -2.43. The summed E-state index contributed by atoms with van der Waals surface area (Å²) >= 11 is 0. The van der Waals surface area contributed by atoms with E-state index < -0.39 is 56.7 Å². The van der Waals surface area contributed by atoms with E-state index in [0.717, 1.165) is 61.2 Å². The first-order valence-electron chi connectivity index (χ1n) is 48.6. The van der Waals surface area contributed by atoms with E-state index in [2.05, 4.69) is 325 Å². The number of hydrogen-bond acceptors (Lipinski definition) is 10. The first kappa shape index (κ1) is 96.2. The molecule has 0 fully saturated rings. The highest BCUT2D eigenvalue weighted by Crippen LogP contribution is 2.50. The molecule has 13 aromatic rings. The Morgan fingerprint density at radius 2 is 0.433 bits per heavy atom. The molecule has 0 atom stereocenters. The summed E-state index contributed by atoms with van der Waals surface area (Å²) in [6.45, 7) is 42.1. The van der Waals surface area contributed by atoms with E-state index in [1.54, 1.807) is 24.3 Å². The Hall–Kier alpha value is -12.4. The zero-order valence-electron chi connectivity index (χ0n) is 82.1. The molecule has 15 rings (SSSR count). The van der Waals surface area contributed by atoms with Crippen LogP contribution in [0.1, 0.15) is 334 Å². The van der Waals surface area contributed by atoms with Gasteiger partial charge in [0.25, 0.3) is 45.9 Å². The van der Waals surface area contributed by atoms with Gasteiger partial charge in [0.15, 0.2) is 0 Å². The van der Waals surface area contributed by atoms with Crippen LogP contribution in [0, 0.1) is 0 Å². The van der Waals surface area contributed by atoms with Gasteiger partial charge in [-0.1, -0.05) is 332 Å². The van der Waals surface area contributed by atoms with E-state index in [0.29, 0.717) is 97.6 Å². The van der Waals surface area contributed by atoms with Crippen LogP contribution in [-0.2, 0) is 56.4 Å². The number of benzene rings is 11. The first-order chi connectivity index (χ1) is 63.6. The highest BCUT2D eigenvalue weighted by atomic mass is 16.5. The lowest BCUT2D eigenvalue weighted by atomic mass is 9.64. The van der Waals surface area contributed by atoms with Crippen LogP contribution in [0.25, 0.3) is 32.3 Å². The molecule has 694 valence electrons. The van der Waals surface area contributed by atoms with Crippen LogP contribution in [-0.4, -0.2) is 68.9 Å². The molecule has 0 unspecified atom stereocenters. The van der Waals surface area contributed by atoms with Crippen LogP contribution in [0.4, 0.5) is 0 Å². The smallest absolute Gasteiger partial charge is 0.261 e. The standard InChI is InChI=1S/C120H134N4O10/c1-113(2,3)79-35-47-85(48-36-79)119(86-49-37-80(38-50-86)114(4,5)6,87-51-39-81(40-52-87)115(7,8)9)91-59-63-93(64-60-91)133-75-33-27-31-73-122-107(127)97-69-67-95-103-96(68-70-98(104(97)103)108(122)128)106(126)121(105(95)125)71-29-25-23-21-19-20-22-24-26-30-72-123-109(129)99-77-101-102(78-100(99)110(123)130)112(132)124(111(101)131)74-32-28-34-76-134-94-65-61-92(62-66-94)120(88-53-41-82(42-54-88)116(10,11)12,89-55-43-83(44-56-89)117(13,14)15)90-57-45-84(46-58-90)118(16,17)18/h24,26,35-70,77-78H,19-23,25,27-34,71-76H2,1-18H3/b26-24+. The number of unbranched alkanes of at least 4 members (excludes halogenated alkanes) is 10. The molecule has 0 bridgehead atoms. The quantitative estimate of drug-likeness (QED) is 0.0164. The molecular formula is C120H134N4O10. The monoisotopic (exact) mass is 1790 g/mol. The van der Waals surface area contributed by atoms with Gasteiger partial charge in [0.1, 0.15) is 11.5 Å². The third-order valence-electron chi connectivity index (χ3n) is 28.1. The Kier molecular flexibility index (Phi) is 27.6. The number of allylic oxidation sites excluding steroid dienone is 2. The lowest BCUT2D eigenvalue weighted by molar-refractivity contribution is 0.0586. The molecule has 0 saturated carbocycles. The van der Waals surface area contributed by atoms with Crippen LogP contribution < -0.4 is 31.7 Å². The van der Waals surface area contributed by atoms with Gasteiger partial charge in [-0.3, -0.25) is 57.3 Å². The third kappa shape index (κ3) is 19.4. The molecule has 14 heteroatoms. The van der Waals surface area contributed by atoms with Gasteiger partial charge in [-0.2, -0.15) is 0 Å². The predicted molar refractivity (Wildman–Crippen MR) is 546 cm³/mol. The Labute approximate surface area is 791 Å². The average Bonchev–Trinajstić information content (AvgIpc) is 0.967. The van der Waals surface area contributed by atoms with Gasteiger partial charge < -0.3 is 9.47 Å². The summed E-state index contributed by atoms with van der Waals surface area (Å²) in [7, 11) is 0. The van der Waals surface area contributed by atoms with Crippen molar-refractivity contribution in [3.63, 3.8) is 0 Å².